The van der Waals surface area contributed by atoms with Crippen LogP contribution >= 0.6 is 0 Å². The van der Waals surface area contributed by atoms with Crippen LogP contribution in [-0.2, 0) is 11.3 Å². The summed E-state index contributed by atoms with van der Waals surface area (Å²) in [4.78, 5) is 12.1. The van der Waals surface area contributed by atoms with Crippen LogP contribution in [0.4, 0.5) is 5.69 Å². The number of hydrogen-bond acceptors (Lipinski definition) is 2. The number of rotatable bonds is 5. The lowest BCUT2D eigenvalue weighted by atomic mass is 10.1. The third kappa shape index (κ3) is 4.63. The molecule has 2 aromatic rings. The van der Waals surface area contributed by atoms with Gasteiger partial charge in [0.1, 0.15) is 6.04 Å². The van der Waals surface area contributed by atoms with Crippen LogP contribution in [-0.4, -0.2) is 11.9 Å². The van der Waals surface area contributed by atoms with Gasteiger partial charge in [0.05, 0.1) is 0 Å². The third-order valence-electron chi connectivity index (χ3n) is 3.38. The average Bonchev–Trinajstić information content (AvgIpc) is 2.46. The van der Waals surface area contributed by atoms with Gasteiger partial charge >= 0.3 is 0 Å². The second kappa shape index (κ2) is 6.93. The van der Waals surface area contributed by atoms with E-state index in [-0.39, 0.29) is 11.9 Å². The van der Waals surface area contributed by atoms with E-state index >= 15 is 0 Å². The second-order valence-electron chi connectivity index (χ2n) is 5.44. The van der Waals surface area contributed by atoms with Gasteiger partial charge in [-0.2, -0.15) is 0 Å². The molecule has 3 heteroatoms. The van der Waals surface area contributed by atoms with Gasteiger partial charge in [0.2, 0.25) is 5.91 Å². The lowest BCUT2D eigenvalue weighted by Crippen LogP contribution is -2.37. The number of benzene rings is 2. The predicted molar refractivity (Wildman–Crippen MR) is 87.3 cm³/mol. The molecule has 21 heavy (non-hydrogen) atoms. The number of anilines is 1. The van der Waals surface area contributed by atoms with E-state index in [0.717, 1.165) is 11.3 Å². The normalized spacial score (nSPS) is 11.8. The van der Waals surface area contributed by atoms with E-state index in [9.17, 15) is 4.79 Å². The Labute approximate surface area is 126 Å². The van der Waals surface area contributed by atoms with Gasteiger partial charge in [-0.05, 0) is 44.0 Å². The fourth-order valence-corrected chi connectivity index (χ4v) is 2.10. The number of carbonyl (C=O) groups excluding carboxylic acids is 1. The molecule has 0 saturated carbocycles. The van der Waals surface area contributed by atoms with Crippen LogP contribution in [0, 0.1) is 13.8 Å². The van der Waals surface area contributed by atoms with Crippen LogP contribution in [0.25, 0.3) is 0 Å². The first-order valence-corrected chi connectivity index (χ1v) is 7.21. The largest absolute Gasteiger partial charge is 0.374 e. The monoisotopic (exact) mass is 282 g/mol. The fraction of sp³-hybridized carbons (Fsp3) is 0.278. The SMILES string of the molecule is Cc1ccc(CNC(=O)C(C)Nc2cccc(C)c2)cc1. The molecule has 0 fully saturated rings. The van der Waals surface area contributed by atoms with Gasteiger partial charge in [-0.1, -0.05) is 42.0 Å². The maximum absolute atomic E-state index is 12.1. The summed E-state index contributed by atoms with van der Waals surface area (Å²) in [6.07, 6.45) is 0. The quantitative estimate of drug-likeness (QED) is 0.882. The molecule has 0 radical (unpaired) electrons. The topological polar surface area (TPSA) is 41.1 Å². The Kier molecular flexibility index (Phi) is 4.99. The molecule has 110 valence electrons. The molecule has 0 aliphatic carbocycles. The van der Waals surface area contributed by atoms with Crippen LogP contribution in [0.5, 0.6) is 0 Å². The van der Waals surface area contributed by atoms with E-state index in [0.29, 0.717) is 6.54 Å². The van der Waals surface area contributed by atoms with Crippen LogP contribution < -0.4 is 10.6 Å². The van der Waals surface area contributed by atoms with Gasteiger partial charge < -0.3 is 10.6 Å². The van der Waals surface area contributed by atoms with Crippen molar-refractivity contribution in [3.05, 3.63) is 65.2 Å². The van der Waals surface area contributed by atoms with Gasteiger partial charge in [-0.25, -0.2) is 0 Å². The smallest absolute Gasteiger partial charge is 0.242 e. The van der Waals surface area contributed by atoms with Crippen molar-refractivity contribution in [2.24, 2.45) is 0 Å². The summed E-state index contributed by atoms with van der Waals surface area (Å²) in [5.41, 5.74) is 4.47. The van der Waals surface area contributed by atoms with Crippen molar-refractivity contribution in [1.29, 1.82) is 0 Å². The summed E-state index contributed by atoms with van der Waals surface area (Å²) in [6.45, 7) is 6.51. The van der Waals surface area contributed by atoms with Crippen molar-refractivity contribution < 1.29 is 4.79 Å². The first kappa shape index (κ1) is 15.1. The minimum atomic E-state index is -0.266. The second-order valence-corrected chi connectivity index (χ2v) is 5.44. The van der Waals surface area contributed by atoms with Crippen LogP contribution in [0.15, 0.2) is 48.5 Å². The lowest BCUT2D eigenvalue weighted by molar-refractivity contribution is -0.121. The van der Waals surface area contributed by atoms with Gasteiger partial charge in [0, 0.05) is 12.2 Å². The predicted octanol–water partition coefficient (Wildman–Crippen LogP) is 3.42. The molecule has 0 heterocycles. The molecular weight excluding hydrogens is 260 g/mol. The number of carbonyl (C=O) groups is 1. The number of nitrogens with one attached hydrogen (secondary N) is 2. The Hall–Kier alpha value is -2.29. The van der Waals surface area contributed by atoms with Crippen molar-refractivity contribution in [2.45, 2.75) is 33.4 Å². The minimum Gasteiger partial charge on any atom is -0.374 e. The summed E-state index contributed by atoms with van der Waals surface area (Å²) in [5.74, 6) is -0.00270. The van der Waals surface area contributed by atoms with Gasteiger partial charge in [0.25, 0.3) is 0 Å². The molecule has 0 aliphatic rings. The molecule has 0 spiro atoms. The molecule has 1 atom stereocenters. The van der Waals surface area contributed by atoms with Crippen molar-refractivity contribution in [2.75, 3.05) is 5.32 Å². The summed E-state index contributed by atoms with van der Waals surface area (Å²) >= 11 is 0. The van der Waals surface area contributed by atoms with Crippen LogP contribution in [0.1, 0.15) is 23.6 Å². The molecule has 0 bridgehead atoms. The highest BCUT2D eigenvalue weighted by Crippen LogP contribution is 2.11. The van der Waals surface area contributed by atoms with Crippen LogP contribution in [0.3, 0.4) is 0 Å². The zero-order valence-electron chi connectivity index (χ0n) is 12.8. The maximum Gasteiger partial charge on any atom is 0.242 e. The van der Waals surface area contributed by atoms with Crippen molar-refractivity contribution in [3.63, 3.8) is 0 Å². The van der Waals surface area contributed by atoms with Gasteiger partial charge in [-0.3, -0.25) is 4.79 Å². The Morgan fingerprint density at radius 3 is 2.43 bits per heavy atom. The number of hydrogen-bond donors (Lipinski definition) is 2. The molecule has 1 amide bonds. The molecule has 3 nitrogen and oxygen atoms in total. The molecule has 0 saturated heterocycles. The Morgan fingerprint density at radius 1 is 1.05 bits per heavy atom. The van der Waals surface area contributed by atoms with Crippen molar-refractivity contribution in [1.82, 2.24) is 5.32 Å². The van der Waals surface area contributed by atoms with E-state index in [1.165, 1.54) is 11.1 Å². The van der Waals surface area contributed by atoms with Crippen molar-refractivity contribution >= 4 is 11.6 Å². The molecule has 0 aliphatic heterocycles. The summed E-state index contributed by atoms with van der Waals surface area (Å²) in [5, 5.41) is 6.17. The number of aryl methyl sites for hydroxylation is 2. The Morgan fingerprint density at radius 2 is 1.76 bits per heavy atom. The first-order valence-electron chi connectivity index (χ1n) is 7.21. The molecule has 1 unspecified atom stereocenters. The maximum atomic E-state index is 12.1. The Balaban J connectivity index is 1.86. The highest BCUT2D eigenvalue weighted by atomic mass is 16.2. The minimum absolute atomic E-state index is 0.00270. The summed E-state index contributed by atoms with van der Waals surface area (Å²) < 4.78 is 0. The molecule has 2 rings (SSSR count). The molecule has 2 N–H and O–H groups in total. The van der Waals surface area contributed by atoms with E-state index in [2.05, 4.69) is 29.7 Å². The molecule has 2 aromatic carbocycles. The highest BCUT2D eigenvalue weighted by Gasteiger charge is 2.11. The average molecular weight is 282 g/mol. The van der Waals surface area contributed by atoms with E-state index in [1.54, 1.807) is 0 Å². The van der Waals surface area contributed by atoms with Gasteiger partial charge in [0.15, 0.2) is 0 Å². The summed E-state index contributed by atoms with van der Waals surface area (Å²) in [7, 11) is 0. The lowest BCUT2D eigenvalue weighted by Gasteiger charge is -2.15. The number of amides is 1. The molecular formula is C18H22N2O. The summed E-state index contributed by atoms with van der Waals surface area (Å²) in [6, 6.07) is 15.9. The van der Waals surface area contributed by atoms with Crippen LogP contribution in [0.2, 0.25) is 0 Å². The standard InChI is InChI=1S/C18H22N2O/c1-13-7-9-16(10-8-13)12-19-18(21)15(3)20-17-6-4-5-14(2)11-17/h4-11,15,20H,12H2,1-3H3,(H,19,21). The first-order chi connectivity index (χ1) is 10.0. The van der Waals surface area contributed by atoms with E-state index < -0.39 is 0 Å². The zero-order chi connectivity index (χ0) is 15.2. The van der Waals surface area contributed by atoms with Gasteiger partial charge in [-0.15, -0.1) is 0 Å². The molecule has 0 aromatic heterocycles. The van der Waals surface area contributed by atoms with E-state index in [4.69, 9.17) is 0 Å². The third-order valence-corrected chi connectivity index (χ3v) is 3.38. The Bertz CT molecular complexity index is 605. The van der Waals surface area contributed by atoms with Crippen molar-refractivity contribution in [3.8, 4) is 0 Å². The zero-order valence-corrected chi connectivity index (χ0v) is 12.8. The highest BCUT2D eigenvalue weighted by molar-refractivity contribution is 5.84. The van der Waals surface area contributed by atoms with E-state index in [1.807, 2.05) is 50.2 Å². The fourth-order valence-electron chi connectivity index (χ4n) is 2.10.